The van der Waals surface area contributed by atoms with Gasteiger partial charge in [0.25, 0.3) is 0 Å². The zero-order valence-electron chi connectivity index (χ0n) is 13.1. The van der Waals surface area contributed by atoms with Crippen molar-refractivity contribution in [2.75, 3.05) is 12.4 Å². The summed E-state index contributed by atoms with van der Waals surface area (Å²) in [5.41, 5.74) is 0.781. The van der Waals surface area contributed by atoms with Gasteiger partial charge in [-0.2, -0.15) is 4.68 Å². The van der Waals surface area contributed by atoms with E-state index in [9.17, 15) is 9.59 Å². The number of esters is 1. The summed E-state index contributed by atoms with van der Waals surface area (Å²) in [4.78, 5) is 22.1. The summed E-state index contributed by atoms with van der Waals surface area (Å²) in [7, 11) is 2.25. The lowest BCUT2D eigenvalue weighted by molar-refractivity contribution is -0.139. The smallest absolute Gasteiger partial charge is 0.335 e. The molecule has 0 amide bonds. The molecule has 10 heteroatoms. The number of nitrogens with zero attached hydrogens (tertiary/aromatic N) is 4. The highest BCUT2D eigenvalue weighted by Crippen LogP contribution is 2.18. The molecule has 1 aliphatic rings. The molecule has 0 bridgehead atoms. The van der Waals surface area contributed by atoms with Gasteiger partial charge < -0.3 is 9.84 Å². The SMILES string of the molecule is CCOC(=O)CSc1nnnn1-c1ccc(C(=O)O)cc1.[B]1CC1. The standard InChI is InChI=1S/C12H12N4O4S.C2H4B/c1-2-20-10(17)7-21-12-13-14-15-16(12)9-5-3-8(4-6-9)11(18)19;1-2-3-1/h3-6H,2,7H2,1H3,(H,18,19);1-2H2. The van der Waals surface area contributed by atoms with E-state index >= 15 is 0 Å². The van der Waals surface area contributed by atoms with Crippen molar-refractivity contribution in [1.82, 2.24) is 20.2 Å². The summed E-state index contributed by atoms with van der Waals surface area (Å²) in [6.07, 6.45) is 2.75. The molecule has 3 rings (SSSR count). The van der Waals surface area contributed by atoms with Crippen LogP contribution in [0.25, 0.3) is 5.69 Å². The third kappa shape index (κ3) is 5.69. The van der Waals surface area contributed by atoms with E-state index in [4.69, 9.17) is 9.84 Å². The van der Waals surface area contributed by atoms with Crippen molar-refractivity contribution in [3.8, 4) is 5.69 Å². The van der Waals surface area contributed by atoms with Gasteiger partial charge in [-0.25, -0.2) is 4.79 Å². The Morgan fingerprint density at radius 2 is 2.00 bits per heavy atom. The maximum atomic E-state index is 11.3. The molecule has 24 heavy (non-hydrogen) atoms. The second-order valence-electron chi connectivity index (χ2n) is 4.69. The lowest BCUT2D eigenvalue weighted by atomic mass is 10.1. The summed E-state index contributed by atoms with van der Waals surface area (Å²) < 4.78 is 6.25. The first-order valence-corrected chi connectivity index (χ1v) is 8.32. The van der Waals surface area contributed by atoms with Crippen LogP contribution in [0.5, 0.6) is 0 Å². The normalized spacial score (nSPS) is 11.7. The van der Waals surface area contributed by atoms with Crippen LogP contribution in [0.1, 0.15) is 17.3 Å². The summed E-state index contributed by atoms with van der Waals surface area (Å²) in [6.45, 7) is 2.05. The van der Waals surface area contributed by atoms with E-state index < -0.39 is 5.97 Å². The van der Waals surface area contributed by atoms with Crippen molar-refractivity contribution < 1.29 is 19.4 Å². The molecule has 1 aromatic heterocycles. The van der Waals surface area contributed by atoms with Gasteiger partial charge in [-0.05, 0) is 41.6 Å². The Hall–Kier alpha value is -2.36. The maximum absolute atomic E-state index is 11.3. The molecular formula is C14H16BN4O4S. The number of benzene rings is 1. The summed E-state index contributed by atoms with van der Waals surface area (Å²) >= 11 is 1.14. The first-order valence-electron chi connectivity index (χ1n) is 7.34. The van der Waals surface area contributed by atoms with Gasteiger partial charge in [0.15, 0.2) is 0 Å². The summed E-state index contributed by atoms with van der Waals surface area (Å²) in [5, 5.41) is 20.5. The molecule has 2 heterocycles. The second-order valence-corrected chi connectivity index (χ2v) is 5.63. The van der Waals surface area contributed by atoms with Crippen molar-refractivity contribution in [2.24, 2.45) is 0 Å². The van der Waals surface area contributed by atoms with E-state index in [0.29, 0.717) is 17.5 Å². The molecule has 0 aliphatic carbocycles. The van der Waals surface area contributed by atoms with Crippen molar-refractivity contribution in [3.63, 3.8) is 0 Å². The summed E-state index contributed by atoms with van der Waals surface area (Å²) in [5.74, 6) is -1.25. The Labute approximate surface area is 143 Å². The van der Waals surface area contributed by atoms with Gasteiger partial charge >= 0.3 is 11.9 Å². The largest absolute Gasteiger partial charge is 0.478 e. The first kappa shape index (κ1) is 18.0. The number of rotatable bonds is 6. The van der Waals surface area contributed by atoms with Crippen LogP contribution in [0.2, 0.25) is 12.6 Å². The van der Waals surface area contributed by atoms with Crippen LogP contribution in [-0.2, 0) is 9.53 Å². The average Bonchev–Trinajstić information content (AvgIpc) is 3.39. The predicted molar refractivity (Wildman–Crippen MR) is 88.8 cm³/mol. The number of ether oxygens (including phenoxy) is 1. The van der Waals surface area contributed by atoms with Crippen LogP contribution >= 0.6 is 11.8 Å². The van der Waals surface area contributed by atoms with Crippen LogP contribution in [0, 0.1) is 0 Å². The minimum Gasteiger partial charge on any atom is -0.478 e. The molecule has 8 nitrogen and oxygen atoms in total. The molecule has 1 N–H and O–H groups in total. The Morgan fingerprint density at radius 1 is 1.33 bits per heavy atom. The molecule has 0 atom stereocenters. The predicted octanol–water partition coefficient (Wildman–Crippen LogP) is 1.56. The number of aromatic carboxylic acids is 1. The van der Waals surface area contributed by atoms with Crippen LogP contribution in [0.15, 0.2) is 29.4 Å². The Balaban J connectivity index is 0.000000623. The quantitative estimate of drug-likeness (QED) is 0.477. The third-order valence-electron chi connectivity index (χ3n) is 2.71. The minimum absolute atomic E-state index is 0.0986. The fraction of sp³-hybridized carbons (Fsp3) is 0.357. The molecule has 125 valence electrons. The Kier molecular flexibility index (Phi) is 6.80. The highest BCUT2D eigenvalue weighted by Gasteiger charge is 2.12. The van der Waals surface area contributed by atoms with Crippen molar-refractivity contribution >= 4 is 31.0 Å². The second kappa shape index (κ2) is 9.07. The van der Waals surface area contributed by atoms with Gasteiger partial charge in [0.05, 0.1) is 23.6 Å². The Morgan fingerprint density at radius 3 is 2.54 bits per heavy atom. The van der Waals surface area contributed by atoms with Gasteiger partial charge in [0.1, 0.15) is 7.28 Å². The van der Waals surface area contributed by atoms with E-state index in [2.05, 4.69) is 22.8 Å². The number of thioether (sulfide) groups is 1. The van der Waals surface area contributed by atoms with E-state index in [1.54, 1.807) is 19.1 Å². The zero-order valence-corrected chi connectivity index (χ0v) is 13.9. The van der Waals surface area contributed by atoms with Crippen LogP contribution < -0.4 is 0 Å². The molecule has 0 unspecified atom stereocenters. The van der Waals surface area contributed by atoms with Crippen LogP contribution in [0.4, 0.5) is 0 Å². The summed E-state index contributed by atoms with van der Waals surface area (Å²) in [6, 6.07) is 6.10. The minimum atomic E-state index is -1.00. The number of carbonyl (C=O) groups is 2. The lowest BCUT2D eigenvalue weighted by Crippen LogP contribution is -2.08. The highest BCUT2D eigenvalue weighted by atomic mass is 32.2. The number of carboxylic acids is 1. The van der Waals surface area contributed by atoms with Crippen LogP contribution in [-0.4, -0.2) is 56.9 Å². The fourth-order valence-electron chi connectivity index (χ4n) is 1.50. The molecular weight excluding hydrogens is 331 g/mol. The molecule has 1 aliphatic heterocycles. The molecule has 0 saturated carbocycles. The number of carbonyl (C=O) groups excluding carboxylic acids is 1. The number of hydrogen-bond donors (Lipinski definition) is 1. The van der Waals surface area contributed by atoms with Crippen molar-refractivity contribution in [2.45, 2.75) is 24.7 Å². The van der Waals surface area contributed by atoms with E-state index in [0.717, 1.165) is 11.8 Å². The van der Waals surface area contributed by atoms with Gasteiger partial charge in [-0.15, -0.1) is 5.10 Å². The molecule has 0 spiro atoms. The Bertz CT molecular complexity index is 688. The third-order valence-corrected chi connectivity index (χ3v) is 3.61. The lowest BCUT2D eigenvalue weighted by Gasteiger charge is -2.04. The number of carboxylic acid groups (broad SMARTS) is 1. The molecule has 1 aromatic carbocycles. The first-order chi connectivity index (χ1) is 11.6. The number of hydrogen-bond acceptors (Lipinski definition) is 7. The molecule has 2 aromatic rings. The van der Waals surface area contributed by atoms with E-state index in [-0.39, 0.29) is 17.3 Å². The molecule has 1 fully saturated rings. The van der Waals surface area contributed by atoms with Crippen molar-refractivity contribution in [1.29, 1.82) is 0 Å². The average molecular weight is 347 g/mol. The van der Waals surface area contributed by atoms with Crippen LogP contribution in [0.3, 0.4) is 0 Å². The van der Waals surface area contributed by atoms with Gasteiger partial charge in [-0.1, -0.05) is 24.4 Å². The van der Waals surface area contributed by atoms with E-state index in [1.165, 1.54) is 29.5 Å². The fourth-order valence-corrected chi connectivity index (χ4v) is 2.19. The van der Waals surface area contributed by atoms with Gasteiger partial charge in [-0.3, -0.25) is 4.79 Å². The topological polar surface area (TPSA) is 107 Å². The number of aromatic nitrogens is 4. The monoisotopic (exact) mass is 347 g/mol. The highest BCUT2D eigenvalue weighted by molar-refractivity contribution is 7.99. The van der Waals surface area contributed by atoms with Gasteiger partial charge in [0.2, 0.25) is 5.16 Å². The van der Waals surface area contributed by atoms with E-state index in [1.807, 2.05) is 0 Å². The maximum Gasteiger partial charge on any atom is 0.335 e. The molecule has 1 radical (unpaired) electrons. The molecule has 1 saturated heterocycles. The van der Waals surface area contributed by atoms with Gasteiger partial charge in [0, 0.05) is 0 Å². The van der Waals surface area contributed by atoms with Crippen molar-refractivity contribution in [3.05, 3.63) is 29.8 Å². The zero-order chi connectivity index (χ0) is 17.4. The number of tetrazole rings is 1.